The normalized spacial score (nSPS) is 20.0. The van der Waals surface area contributed by atoms with Gasteiger partial charge in [0, 0.05) is 48.9 Å². The maximum atomic E-state index is 13.3. The second kappa shape index (κ2) is 8.81. The number of nitrogens with zero attached hydrogens (tertiary/aromatic N) is 2. The monoisotopic (exact) mass is 429 g/mol. The van der Waals surface area contributed by atoms with Gasteiger partial charge in [-0.2, -0.15) is 0 Å². The van der Waals surface area contributed by atoms with Gasteiger partial charge in [-0.05, 0) is 62.3 Å². The minimum absolute atomic E-state index is 0.0417. The topological polar surface area (TPSA) is 56.4 Å². The predicted octanol–water partition coefficient (Wildman–Crippen LogP) is 4.73. The van der Waals surface area contributed by atoms with Crippen molar-refractivity contribution in [1.82, 2.24) is 14.8 Å². The number of rotatable bonds is 3. The maximum Gasteiger partial charge on any atom is 0.253 e. The van der Waals surface area contributed by atoms with Crippen molar-refractivity contribution in [2.24, 2.45) is 5.92 Å². The van der Waals surface area contributed by atoms with Gasteiger partial charge in [0.2, 0.25) is 5.91 Å². The van der Waals surface area contributed by atoms with Gasteiger partial charge >= 0.3 is 0 Å². The summed E-state index contributed by atoms with van der Waals surface area (Å²) in [7, 11) is 0. The first-order chi connectivity index (χ1) is 15.6. The van der Waals surface area contributed by atoms with Crippen LogP contribution in [0.5, 0.6) is 0 Å². The Bertz CT molecular complexity index is 1080. The number of para-hydroxylation sites is 1. The van der Waals surface area contributed by atoms with E-state index in [9.17, 15) is 9.59 Å². The van der Waals surface area contributed by atoms with Gasteiger partial charge in [-0.3, -0.25) is 9.59 Å². The van der Waals surface area contributed by atoms with Crippen LogP contribution in [0.4, 0.5) is 0 Å². The summed E-state index contributed by atoms with van der Waals surface area (Å²) in [5.41, 5.74) is 4.32. The molecule has 1 aromatic heterocycles. The largest absolute Gasteiger partial charge is 0.358 e. The maximum absolute atomic E-state index is 13.3. The van der Waals surface area contributed by atoms with Gasteiger partial charge in [-0.25, -0.2) is 0 Å². The van der Waals surface area contributed by atoms with E-state index in [-0.39, 0.29) is 17.7 Å². The number of benzene rings is 2. The molecule has 3 heterocycles. The lowest BCUT2D eigenvalue weighted by Gasteiger charge is -2.37. The molecule has 0 saturated carbocycles. The average Bonchev–Trinajstić information content (AvgIpc) is 3.28. The summed E-state index contributed by atoms with van der Waals surface area (Å²) >= 11 is 0. The molecule has 1 unspecified atom stereocenters. The van der Waals surface area contributed by atoms with Crippen LogP contribution in [0.3, 0.4) is 0 Å². The summed E-state index contributed by atoms with van der Waals surface area (Å²) in [4.78, 5) is 33.7. The lowest BCUT2D eigenvalue weighted by molar-refractivity contribution is -0.138. The van der Waals surface area contributed by atoms with Gasteiger partial charge in [-0.15, -0.1) is 0 Å². The standard InChI is InChI=1S/C27H31N3O2/c1-19-8-10-21(11-9-19)26(31)30-14-4-6-23(18-30)27(32)29-15-12-20(13-16-29)25-17-22-5-2-3-7-24(22)28-25/h2-3,5,7-11,17,20,23,28H,4,6,12-16,18H2,1H3. The number of hydrogen-bond acceptors (Lipinski definition) is 2. The smallest absolute Gasteiger partial charge is 0.253 e. The predicted molar refractivity (Wildman–Crippen MR) is 127 cm³/mol. The highest BCUT2D eigenvalue weighted by Crippen LogP contribution is 2.31. The molecule has 2 aromatic carbocycles. The van der Waals surface area contributed by atoms with E-state index in [2.05, 4.69) is 35.3 Å². The number of H-pyrrole nitrogens is 1. The summed E-state index contributed by atoms with van der Waals surface area (Å²) in [6.45, 7) is 4.88. The fraction of sp³-hybridized carbons (Fsp3) is 0.407. The lowest BCUT2D eigenvalue weighted by Crippen LogP contribution is -2.48. The summed E-state index contributed by atoms with van der Waals surface area (Å²) in [6.07, 6.45) is 3.73. The molecule has 2 aliphatic rings. The third-order valence-corrected chi connectivity index (χ3v) is 7.15. The van der Waals surface area contributed by atoms with Crippen LogP contribution in [0.25, 0.3) is 10.9 Å². The highest BCUT2D eigenvalue weighted by Gasteiger charge is 2.33. The van der Waals surface area contributed by atoms with Crippen molar-refractivity contribution in [2.75, 3.05) is 26.2 Å². The first kappa shape index (κ1) is 20.8. The first-order valence-corrected chi connectivity index (χ1v) is 11.8. The molecule has 5 heteroatoms. The Morgan fingerprint density at radius 2 is 1.66 bits per heavy atom. The van der Waals surface area contributed by atoms with E-state index in [4.69, 9.17) is 0 Å². The molecule has 166 valence electrons. The minimum atomic E-state index is -0.0808. The molecule has 1 N–H and O–H groups in total. The molecule has 5 nitrogen and oxygen atoms in total. The molecule has 2 amide bonds. The summed E-state index contributed by atoms with van der Waals surface area (Å²) in [6, 6.07) is 18.3. The molecule has 5 rings (SSSR count). The van der Waals surface area contributed by atoms with Crippen molar-refractivity contribution >= 4 is 22.7 Å². The van der Waals surface area contributed by atoms with Crippen molar-refractivity contribution in [3.8, 4) is 0 Å². The van der Waals surface area contributed by atoms with E-state index in [1.165, 1.54) is 16.6 Å². The minimum Gasteiger partial charge on any atom is -0.358 e. The number of likely N-dealkylation sites (tertiary alicyclic amines) is 2. The van der Waals surface area contributed by atoms with Gasteiger partial charge in [0.15, 0.2) is 0 Å². The molecule has 2 fully saturated rings. The van der Waals surface area contributed by atoms with Gasteiger partial charge < -0.3 is 14.8 Å². The Balaban J connectivity index is 1.19. The van der Waals surface area contributed by atoms with E-state index in [0.29, 0.717) is 18.0 Å². The van der Waals surface area contributed by atoms with E-state index in [1.807, 2.05) is 41.0 Å². The zero-order chi connectivity index (χ0) is 22.1. The Labute approximate surface area is 189 Å². The number of aryl methyl sites for hydroxylation is 1. The number of amides is 2. The highest BCUT2D eigenvalue weighted by atomic mass is 16.2. The van der Waals surface area contributed by atoms with Crippen LogP contribution in [0.15, 0.2) is 54.6 Å². The Morgan fingerprint density at radius 1 is 0.906 bits per heavy atom. The number of piperidine rings is 2. The number of aromatic amines is 1. The van der Waals surface area contributed by atoms with Gasteiger partial charge in [0.05, 0.1) is 5.92 Å². The molecule has 1 atom stereocenters. The molecule has 0 aliphatic carbocycles. The van der Waals surface area contributed by atoms with E-state index in [0.717, 1.165) is 50.9 Å². The first-order valence-electron chi connectivity index (χ1n) is 11.8. The molecule has 32 heavy (non-hydrogen) atoms. The van der Waals surface area contributed by atoms with Gasteiger partial charge in [0.1, 0.15) is 0 Å². The zero-order valence-electron chi connectivity index (χ0n) is 18.7. The van der Waals surface area contributed by atoms with Crippen LogP contribution in [0, 0.1) is 12.8 Å². The molecule has 2 aliphatic heterocycles. The zero-order valence-corrected chi connectivity index (χ0v) is 18.7. The van der Waals surface area contributed by atoms with Crippen molar-refractivity contribution in [1.29, 1.82) is 0 Å². The summed E-state index contributed by atoms with van der Waals surface area (Å²) in [5.74, 6) is 0.654. The third kappa shape index (κ3) is 4.16. The van der Waals surface area contributed by atoms with E-state index >= 15 is 0 Å². The summed E-state index contributed by atoms with van der Waals surface area (Å²) in [5, 5.41) is 1.25. The molecule has 3 aromatic rings. The number of nitrogens with one attached hydrogen (secondary N) is 1. The molecule has 0 spiro atoms. The quantitative estimate of drug-likeness (QED) is 0.654. The van der Waals surface area contributed by atoms with Crippen molar-refractivity contribution in [2.45, 2.75) is 38.5 Å². The molecule has 0 bridgehead atoms. The number of carbonyl (C=O) groups is 2. The number of hydrogen-bond donors (Lipinski definition) is 1. The molecule has 2 saturated heterocycles. The fourth-order valence-electron chi connectivity index (χ4n) is 5.23. The third-order valence-electron chi connectivity index (χ3n) is 7.15. The van der Waals surface area contributed by atoms with Crippen LogP contribution < -0.4 is 0 Å². The highest BCUT2D eigenvalue weighted by molar-refractivity contribution is 5.94. The Hall–Kier alpha value is -3.08. The molecular weight excluding hydrogens is 398 g/mol. The van der Waals surface area contributed by atoms with Crippen molar-refractivity contribution in [3.63, 3.8) is 0 Å². The van der Waals surface area contributed by atoms with Crippen LogP contribution in [-0.2, 0) is 4.79 Å². The number of aromatic nitrogens is 1. The molecule has 0 radical (unpaired) electrons. The van der Waals surface area contributed by atoms with Crippen molar-refractivity contribution < 1.29 is 9.59 Å². The van der Waals surface area contributed by atoms with E-state index in [1.54, 1.807) is 0 Å². The second-order valence-electron chi connectivity index (χ2n) is 9.37. The molecular formula is C27H31N3O2. The van der Waals surface area contributed by atoms with Gasteiger partial charge in [0.25, 0.3) is 5.91 Å². The van der Waals surface area contributed by atoms with Crippen molar-refractivity contribution in [3.05, 3.63) is 71.4 Å². The Kier molecular flexibility index (Phi) is 5.73. The average molecular weight is 430 g/mol. The van der Waals surface area contributed by atoms with Crippen LogP contribution >= 0.6 is 0 Å². The van der Waals surface area contributed by atoms with Crippen LogP contribution in [0.1, 0.15) is 53.2 Å². The number of fused-ring (bicyclic) bond motifs is 1. The lowest BCUT2D eigenvalue weighted by atomic mass is 9.91. The fourth-order valence-corrected chi connectivity index (χ4v) is 5.23. The SMILES string of the molecule is Cc1ccc(C(=O)N2CCCC(C(=O)N3CCC(c4cc5ccccc5[nH]4)CC3)C2)cc1. The van der Waals surface area contributed by atoms with E-state index < -0.39 is 0 Å². The second-order valence-corrected chi connectivity index (χ2v) is 9.37. The number of carbonyl (C=O) groups excluding carboxylic acids is 2. The van der Waals surface area contributed by atoms with Crippen LogP contribution in [0.2, 0.25) is 0 Å². The Morgan fingerprint density at radius 3 is 2.41 bits per heavy atom. The van der Waals surface area contributed by atoms with Gasteiger partial charge in [-0.1, -0.05) is 35.9 Å². The van der Waals surface area contributed by atoms with Crippen LogP contribution in [-0.4, -0.2) is 52.8 Å². The summed E-state index contributed by atoms with van der Waals surface area (Å²) < 4.78 is 0.